The summed E-state index contributed by atoms with van der Waals surface area (Å²) in [7, 11) is 1.55. The zero-order chi connectivity index (χ0) is 19.4. The molecule has 2 aromatic rings. The van der Waals surface area contributed by atoms with E-state index >= 15 is 0 Å². The van der Waals surface area contributed by atoms with E-state index in [2.05, 4.69) is 4.98 Å². The third-order valence-electron chi connectivity index (χ3n) is 3.92. The van der Waals surface area contributed by atoms with Gasteiger partial charge in [0, 0.05) is 6.07 Å². The van der Waals surface area contributed by atoms with Crippen LogP contribution in [0.15, 0.2) is 42.5 Å². The molecule has 0 unspecified atom stereocenters. The minimum absolute atomic E-state index is 0.114. The number of ether oxygens (including phenoxy) is 3. The van der Waals surface area contributed by atoms with Gasteiger partial charge >= 0.3 is 6.18 Å². The first-order chi connectivity index (χ1) is 12.8. The number of methoxy groups -OCH3 is 1. The minimum Gasteiger partial charge on any atom is -0.497 e. The third kappa shape index (κ3) is 4.81. The number of aromatic nitrogens is 1. The molecule has 9 heteroatoms. The molecule has 1 aromatic carbocycles. The summed E-state index contributed by atoms with van der Waals surface area (Å²) in [6, 6.07) is 10.3. The van der Waals surface area contributed by atoms with E-state index in [1.54, 1.807) is 31.4 Å². The number of carbonyl (C=O) groups excluding carboxylic acids is 1. The molecule has 144 valence electrons. The smallest absolute Gasteiger partial charge is 0.433 e. The van der Waals surface area contributed by atoms with Gasteiger partial charge in [0.2, 0.25) is 5.88 Å². The Hall–Kier alpha value is -2.97. The molecule has 0 bridgehead atoms. The van der Waals surface area contributed by atoms with Crippen LogP contribution in [0.3, 0.4) is 0 Å². The first-order valence-corrected chi connectivity index (χ1v) is 8.10. The van der Waals surface area contributed by atoms with Crippen molar-refractivity contribution in [2.75, 3.05) is 26.8 Å². The Morgan fingerprint density at radius 3 is 2.44 bits per heavy atom. The van der Waals surface area contributed by atoms with Crippen molar-refractivity contribution in [3.05, 3.63) is 48.2 Å². The molecule has 0 N–H and O–H groups in total. The quantitative estimate of drug-likeness (QED) is 0.769. The standard InChI is InChI=1S/C18H17F3N2O4/c1-25-12-5-7-13(8-6-12)26-11-17(24)23-9-14(10-23)27-16-4-2-3-15(22-16)18(19,20)21/h2-8,14H,9-11H2,1H3. The monoisotopic (exact) mass is 382 g/mol. The third-order valence-corrected chi connectivity index (χ3v) is 3.92. The van der Waals surface area contributed by atoms with E-state index in [9.17, 15) is 18.0 Å². The van der Waals surface area contributed by atoms with Gasteiger partial charge in [0.05, 0.1) is 20.2 Å². The van der Waals surface area contributed by atoms with Gasteiger partial charge in [-0.3, -0.25) is 4.79 Å². The van der Waals surface area contributed by atoms with Crippen molar-refractivity contribution in [2.45, 2.75) is 12.3 Å². The Bertz CT molecular complexity index is 790. The van der Waals surface area contributed by atoms with Crippen LogP contribution in [0, 0.1) is 0 Å². The summed E-state index contributed by atoms with van der Waals surface area (Å²) in [4.78, 5) is 17.0. The number of amides is 1. The highest BCUT2D eigenvalue weighted by Gasteiger charge is 2.35. The topological polar surface area (TPSA) is 60.9 Å². The summed E-state index contributed by atoms with van der Waals surface area (Å²) < 4.78 is 53.8. The summed E-state index contributed by atoms with van der Waals surface area (Å²) in [6.45, 7) is 0.395. The maximum absolute atomic E-state index is 12.6. The molecule has 1 saturated heterocycles. The van der Waals surface area contributed by atoms with Crippen molar-refractivity contribution < 1.29 is 32.2 Å². The number of hydrogen-bond donors (Lipinski definition) is 0. The lowest BCUT2D eigenvalue weighted by atomic mass is 10.1. The molecule has 0 spiro atoms. The average Bonchev–Trinajstić information content (AvgIpc) is 2.62. The summed E-state index contributed by atoms with van der Waals surface area (Å²) >= 11 is 0. The zero-order valence-corrected chi connectivity index (χ0v) is 14.4. The zero-order valence-electron chi connectivity index (χ0n) is 14.4. The number of likely N-dealkylation sites (tertiary alicyclic amines) is 1. The SMILES string of the molecule is COc1ccc(OCC(=O)N2CC(Oc3cccc(C(F)(F)F)n3)C2)cc1. The summed E-state index contributed by atoms with van der Waals surface area (Å²) in [5.41, 5.74) is -1.01. The fourth-order valence-corrected chi connectivity index (χ4v) is 2.43. The van der Waals surface area contributed by atoms with E-state index in [1.165, 1.54) is 17.0 Å². The van der Waals surface area contributed by atoms with Gasteiger partial charge in [0.15, 0.2) is 6.61 Å². The van der Waals surface area contributed by atoms with Gasteiger partial charge in [-0.1, -0.05) is 6.07 Å². The average molecular weight is 382 g/mol. The highest BCUT2D eigenvalue weighted by Crippen LogP contribution is 2.29. The van der Waals surface area contributed by atoms with E-state index in [4.69, 9.17) is 14.2 Å². The molecular weight excluding hydrogens is 365 g/mol. The second-order valence-electron chi connectivity index (χ2n) is 5.86. The lowest BCUT2D eigenvalue weighted by Gasteiger charge is -2.38. The predicted octanol–water partition coefficient (Wildman–Crippen LogP) is 2.78. The maximum atomic E-state index is 12.6. The first-order valence-electron chi connectivity index (χ1n) is 8.10. The second kappa shape index (κ2) is 7.73. The molecule has 2 heterocycles. The predicted molar refractivity (Wildman–Crippen MR) is 88.7 cm³/mol. The molecule has 1 amide bonds. The number of halogens is 3. The fraction of sp³-hybridized carbons (Fsp3) is 0.333. The van der Waals surface area contributed by atoms with Gasteiger partial charge in [0.1, 0.15) is 23.3 Å². The molecule has 27 heavy (non-hydrogen) atoms. The normalized spacial score (nSPS) is 14.4. The number of hydrogen-bond acceptors (Lipinski definition) is 5. The molecule has 0 radical (unpaired) electrons. The summed E-state index contributed by atoms with van der Waals surface area (Å²) in [5, 5.41) is 0. The Labute approximate surface area is 153 Å². The molecular formula is C18H17F3N2O4. The number of alkyl halides is 3. The van der Waals surface area contributed by atoms with Gasteiger partial charge in [-0.25, -0.2) is 4.98 Å². The van der Waals surface area contributed by atoms with Crippen molar-refractivity contribution in [2.24, 2.45) is 0 Å². The van der Waals surface area contributed by atoms with Gasteiger partial charge in [-0.2, -0.15) is 13.2 Å². The summed E-state index contributed by atoms with van der Waals surface area (Å²) in [5.74, 6) is 0.865. The first kappa shape index (κ1) is 18.8. The molecule has 3 rings (SSSR count). The molecule has 1 aliphatic heterocycles. The van der Waals surface area contributed by atoms with Gasteiger partial charge < -0.3 is 19.1 Å². The van der Waals surface area contributed by atoms with E-state index in [1.807, 2.05) is 0 Å². The molecule has 0 atom stereocenters. The lowest BCUT2D eigenvalue weighted by Crippen LogP contribution is -2.57. The van der Waals surface area contributed by atoms with Crippen molar-refractivity contribution in [3.63, 3.8) is 0 Å². The largest absolute Gasteiger partial charge is 0.497 e. The Morgan fingerprint density at radius 2 is 1.81 bits per heavy atom. The number of rotatable bonds is 6. The maximum Gasteiger partial charge on any atom is 0.433 e. The van der Waals surface area contributed by atoms with Crippen LogP contribution in [0.1, 0.15) is 5.69 Å². The highest BCUT2D eigenvalue weighted by molar-refractivity contribution is 5.78. The van der Waals surface area contributed by atoms with Gasteiger partial charge in [0.25, 0.3) is 5.91 Å². The van der Waals surface area contributed by atoms with E-state index in [0.29, 0.717) is 11.5 Å². The van der Waals surface area contributed by atoms with Crippen LogP contribution < -0.4 is 14.2 Å². The van der Waals surface area contributed by atoms with Gasteiger partial charge in [-0.05, 0) is 30.3 Å². The van der Waals surface area contributed by atoms with Crippen molar-refractivity contribution in [3.8, 4) is 17.4 Å². The van der Waals surface area contributed by atoms with Crippen molar-refractivity contribution in [1.82, 2.24) is 9.88 Å². The number of pyridine rings is 1. The Kier molecular flexibility index (Phi) is 5.38. The van der Waals surface area contributed by atoms with Crippen LogP contribution in [-0.4, -0.2) is 48.7 Å². The van der Waals surface area contributed by atoms with Crippen LogP contribution in [0.2, 0.25) is 0 Å². The van der Waals surface area contributed by atoms with E-state index in [0.717, 1.165) is 6.07 Å². The van der Waals surface area contributed by atoms with E-state index < -0.39 is 18.0 Å². The molecule has 6 nitrogen and oxygen atoms in total. The van der Waals surface area contributed by atoms with E-state index in [-0.39, 0.29) is 31.5 Å². The van der Waals surface area contributed by atoms with Crippen LogP contribution in [0.25, 0.3) is 0 Å². The van der Waals surface area contributed by atoms with Crippen LogP contribution in [0.5, 0.6) is 17.4 Å². The van der Waals surface area contributed by atoms with Crippen molar-refractivity contribution >= 4 is 5.91 Å². The molecule has 0 saturated carbocycles. The lowest BCUT2D eigenvalue weighted by molar-refractivity contribution is -0.143. The number of benzene rings is 1. The molecule has 0 aliphatic carbocycles. The minimum atomic E-state index is -4.53. The fourth-order valence-electron chi connectivity index (χ4n) is 2.43. The van der Waals surface area contributed by atoms with Crippen LogP contribution in [-0.2, 0) is 11.0 Å². The molecule has 1 fully saturated rings. The number of nitrogens with zero attached hydrogens (tertiary/aromatic N) is 2. The number of carbonyl (C=O) groups is 1. The summed E-state index contributed by atoms with van der Waals surface area (Å²) in [6.07, 6.45) is -4.93. The van der Waals surface area contributed by atoms with Crippen molar-refractivity contribution in [1.29, 1.82) is 0 Å². The highest BCUT2D eigenvalue weighted by atomic mass is 19.4. The molecule has 1 aliphatic rings. The van der Waals surface area contributed by atoms with Gasteiger partial charge in [-0.15, -0.1) is 0 Å². The molecule has 1 aromatic heterocycles. The van der Waals surface area contributed by atoms with Crippen LogP contribution >= 0.6 is 0 Å². The Balaban J connectivity index is 1.44. The van der Waals surface area contributed by atoms with Crippen LogP contribution in [0.4, 0.5) is 13.2 Å². The Morgan fingerprint density at radius 1 is 1.15 bits per heavy atom. The second-order valence-corrected chi connectivity index (χ2v) is 5.86.